The number of hydrogen-bond donors (Lipinski definition) is 0. The molecule has 0 aliphatic heterocycles. The predicted molar refractivity (Wildman–Crippen MR) is 127 cm³/mol. The number of halogens is 2. The number of ketones is 1. The lowest BCUT2D eigenvalue weighted by atomic mass is 9.61. The molecule has 3 atom stereocenters. The Kier molecular flexibility index (Phi) is 9.01. The van der Waals surface area contributed by atoms with Crippen LogP contribution in [0.2, 0.25) is 5.02 Å². The molecule has 33 heavy (non-hydrogen) atoms. The van der Waals surface area contributed by atoms with E-state index in [-0.39, 0.29) is 45.6 Å². The van der Waals surface area contributed by atoms with Crippen molar-refractivity contribution in [2.24, 2.45) is 17.3 Å². The van der Waals surface area contributed by atoms with Crippen molar-refractivity contribution in [1.29, 1.82) is 0 Å². The molecule has 0 amide bonds. The quantitative estimate of drug-likeness (QED) is 0.188. The number of hydrogen-bond acceptors (Lipinski definition) is 5. The van der Waals surface area contributed by atoms with E-state index in [9.17, 15) is 18.8 Å². The minimum atomic E-state index is -1.13. The van der Waals surface area contributed by atoms with Crippen LogP contribution in [-0.2, 0) is 16.0 Å². The number of carbonyl (C=O) groups is 3. The monoisotopic (exact) mass is 478 g/mol. The zero-order valence-electron chi connectivity index (χ0n) is 20.1. The Morgan fingerprint density at radius 3 is 2.52 bits per heavy atom. The standard InChI is InChI=1S/C26H32ClFO5/c1-15(11-12-26(6)16(2)8-10-22(31)18(26)4)7-9-20-24(33-19(5)30)21(13-29)17(3)23(27)25(20)32-14-28/h7,11-13,16,18H,8-10,14H2,1-6H3/b12-11+,15-7+/t16-,18+,26+/m1/s1. The van der Waals surface area contributed by atoms with Gasteiger partial charge in [-0.3, -0.25) is 14.4 Å². The van der Waals surface area contributed by atoms with Crippen molar-refractivity contribution in [2.45, 2.75) is 60.8 Å². The van der Waals surface area contributed by atoms with E-state index < -0.39 is 12.8 Å². The fraction of sp³-hybridized carbons (Fsp3) is 0.500. The van der Waals surface area contributed by atoms with Gasteiger partial charge in [0.2, 0.25) is 6.86 Å². The molecule has 1 aliphatic carbocycles. The van der Waals surface area contributed by atoms with Crippen LogP contribution in [0, 0.1) is 24.2 Å². The number of allylic oxidation sites excluding steroid dienone is 4. The molecule has 0 aromatic heterocycles. The fourth-order valence-corrected chi connectivity index (χ4v) is 4.53. The van der Waals surface area contributed by atoms with Crippen molar-refractivity contribution in [3.05, 3.63) is 45.5 Å². The molecule has 1 aliphatic rings. The summed E-state index contributed by atoms with van der Waals surface area (Å²) in [4.78, 5) is 35.7. The molecule has 5 nitrogen and oxygen atoms in total. The topological polar surface area (TPSA) is 69.7 Å². The van der Waals surface area contributed by atoms with Crippen LogP contribution in [0.1, 0.15) is 68.9 Å². The zero-order valence-corrected chi connectivity index (χ0v) is 20.8. The Morgan fingerprint density at radius 1 is 1.27 bits per heavy atom. The number of benzene rings is 1. The summed E-state index contributed by atoms with van der Waals surface area (Å²) in [6.45, 7) is 9.80. The number of alkyl halides is 1. The fourth-order valence-electron chi connectivity index (χ4n) is 4.26. The summed E-state index contributed by atoms with van der Waals surface area (Å²) in [6, 6.07) is 0. The third kappa shape index (κ3) is 5.72. The van der Waals surface area contributed by atoms with Gasteiger partial charge in [0.15, 0.2) is 6.29 Å². The molecule has 1 fully saturated rings. The summed E-state index contributed by atoms with van der Waals surface area (Å²) >= 11 is 6.35. The summed E-state index contributed by atoms with van der Waals surface area (Å²) in [5.41, 5.74) is 1.41. The molecule has 7 heteroatoms. The summed E-state index contributed by atoms with van der Waals surface area (Å²) in [7, 11) is 0. The first-order chi connectivity index (χ1) is 15.5. The lowest BCUT2D eigenvalue weighted by molar-refractivity contribution is -0.132. The Balaban J connectivity index is 2.47. The minimum Gasteiger partial charge on any atom is -0.461 e. The van der Waals surface area contributed by atoms with Crippen LogP contribution >= 0.6 is 11.6 Å². The maximum absolute atomic E-state index is 13.1. The molecule has 1 saturated carbocycles. The van der Waals surface area contributed by atoms with E-state index in [4.69, 9.17) is 21.1 Å². The van der Waals surface area contributed by atoms with Crippen LogP contribution in [0.4, 0.5) is 4.39 Å². The summed E-state index contributed by atoms with van der Waals surface area (Å²) in [5.74, 6) is 0.000784. The second-order valence-corrected chi connectivity index (χ2v) is 9.31. The average molecular weight is 479 g/mol. The van der Waals surface area contributed by atoms with Crippen molar-refractivity contribution < 1.29 is 28.2 Å². The zero-order chi connectivity index (χ0) is 24.9. The van der Waals surface area contributed by atoms with Crippen molar-refractivity contribution in [1.82, 2.24) is 0 Å². The smallest absolute Gasteiger partial charge is 0.308 e. The van der Waals surface area contributed by atoms with E-state index in [1.54, 1.807) is 6.92 Å². The normalized spacial score (nSPS) is 23.6. The molecule has 180 valence electrons. The molecule has 2 rings (SSSR count). The largest absolute Gasteiger partial charge is 0.461 e. The van der Waals surface area contributed by atoms with E-state index in [2.05, 4.69) is 19.9 Å². The van der Waals surface area contributed by atoms with Gasteiger partial charge in [-0.1, -0.05) is 56.2 Å². The molecule has 0 N–H and O–H groups in total. The highest BCUT2D eigenvalue weighted by molar-refractivity contribution is 6.33. The van der Waals surface area contributed by atoms with Gasteiger partial charge in [-0.25, -0.2) is 4.39 Å². The van der Waals surface area contributed by atoms with E-state index in [1.807, 2.05) is 26.0 Å². The molecular weight excluding hydrogens is 447 g/mol. The average Bonchev–Trinajstić information content (AvgIpc) is 2.77. The number of aldehydes is 1. The molecule has 0 unspecified atom stereocenters. The van der Waals surface area contributed by atoms with E-state index in [0.717, 1.165) is 12.0 Å². The Labute approximate surface area is 200 Å². The highest BCUT2D eigenvalue weighted by Gasteiger charge is 2.41. The van der Waals surface area contributed by atoms with Gasteiger partial charge in [0, 0.05) is 24.8 Å². The van der Waals surface area contributed by atoms with Gasteiger partial charge in [-0.15, -0.1) is 0 Å². The molecule has 1 aromatic carbocycles. The third-order valence-corrected chi connectivity index (χ3v) is 7.38. The van der Waals surface area contributed by atoms with Gasteiger partial charge in [0.1, 0.15) is 17.3 Å². The Bertz CT molecular complexity index is 997. The SMILES string of the molecule is CC(=O)Oc1c(C=O)c(C)c(Cl)c(OCF)c1C/C=C(C)/C=C/[C@@]1(C)[C@H](C)CCC(=O)[C@@H]1C. The summed E-state index contributed by atoms with van der Waals surface area (Å²) in [5, 5.41) is 0.0955. The van der Waals surface area contributed by atoms with Gasteiger partial charge in [-0.05, 0) is 43.6 Å². The first-order valence-electron chi connectivity index (χ1n) is 11.0. The minimum absolute atomic E-state index is 0.0166. The van der Waals surface area contributed by atoms with Gasteiger partial charge in [0.25, 0.3) is 0 Å². The molecule has 0 spiro atoms. The molecule has 0 heterocycles. The van der Waals surface area contributed by atoms with E-state index in [0.29, 0.717) is 29.8 Å². The number of rotatable bonds is 8. The van der Waals surface area contributed by atoms with Crippen LogP contribution in [0.15, 0.2) is 23.8 Å². The molecule has 0 radical (unpaired) electrons. The second kappa shape index (κ2) is 11.1. The maximum atomic E-state index is 13.1. The van der Waals surface area contributed by atoms with Crippen molar-refractivity contribution in [2.75, 3.05) is 6.86 Å². The van der Waals surface area contributed by atoms with Crippen LogP contribution < -0.4 is 9.47 Å². The Hall–Kier alpha value is -2.47. The number of Topliss-reactive ketones (excluding diaryl/α,β-unsaturated/α-hetero) is 1. The molecule has 1 aromatic rings. The van der Waals surface area contributed by atoms with Crippen LogP contribution in [0.3, 0.4) is 0 Å². The molecule has 0 bridgehead atoms. The summed E-state index contributed by atoms with van der Waals surface area (Å²) in [6.07, 6.45) is 8.12. The highest BCUT2D eigenvalue weighted by Crippen LogP contribution is 2.45. The summed E-state index contributed by atoms with van der Waals surface area (Å²) < 4.78 is 23.5. The van der Waals surface area contributed by atoms with Gasteiger partial charge < -0.3 is 9.47 Å². The Morgan fingerprint density at radius 2 is 1.94 bits per heavy atom. The van der Waals surface area contributed by atoms with Crippen molar-refractivity contribution >= 4 is 29.6 Å². The van der Waals surface area contributed by atoms with E-state index in [1.165, 1.54) is 6.92 Å². The highest BCUT2D eigenvalue weighted by atomic mass is 35.5. The van der Waals surface area contributed by atoms with Gasteiger partial charge >= 0.3 is 5.97 Å². The second-order valence-electron chi connectivity index (χ2n) is 8.93. The van der Waals surface area contributed by atoms with Crippen molar-refractivity contribution in [3.8, 4) is 11.5 Å². The molecule has 0 saturated heterocycles. The number of carbonyl (C=O) groups excluding carboxylic acids is 3. The van der Waals surface area contributed by atoms with E-state index >= 15 is 0 Å². The first-order valence-corrected chi connectivity index (χ1v) is 11.4. The number of ether oxygens (including phenoxy) is 2. The van der Waals surface area contributed by atoms with Crippen LogP contribution in [-0.4, -0.2) is 24.9 Å². The van der Waals surface area contributed by atoms with Gasteiger partial charge in [-0.2, -0.15) is 0 Å². The number of esters is 1. The van der Waals surface area contributed by atoms with Gasteiger partial charge in [0.05, 0.1) is 10.6 Å². The van der Waals surface area contributed by atoms with Crippen LogP contribution in [0.25, 0.3) is 0 Å². The third-order valence-electron chi connectivity index (χ3n) is 6.92. The lowest BCUT2D eigenvalue weighted by Gasteiger charge is -2.42. The lowest BCUT2D eigenvalue weighted by Crippen LogP contribution is -2.40. The van der Waals surface area contributed by atoms with Crippen LogP contribution in [0.5, 0.6) is 11.5 Å². The molecular formula is C26H32ClFO5. The maximum Gasteiger partial charge on any atom is 0.308 e. The van der Waals surface area contributed by atoms with Crippen molar-refractivity contribution in [3.63, 3.8) is 0 Å². The predicted octanol–water partition coefficient (Wildman–Crippen LogP) is 6.38. The first kappa shape index (κ1) is 26.8.